The molecule has 2 nitrogen and oxygen atoms in total. The molecule has 0 aliphatic rings. The summed E-state index contributed by atoms with van der Waals surface area (Å²) in [6.07, 6.45) is 11.1. The zero-order valence-corrected chi connectivity index (χ0v) is 12.1. The Hall–Kier alpha value is 0.260. The summed E-state index contributed by atoms with van der Waals surface area (Å²) < 4.78 is 5.09. The van der Waals surface area contributed by atoms with Crippen molar-refractivity contribution in [3.8, 4) is 0 Å². The summed E-state index contributed by atoms with van der Waals surface area (Å²) in [5, 5.41) is 0. The fourth-order valence-corrected chi connectivity index (χ4v) is 3.22. The maximum atomic E-state index is 4.21. The Kier molecular flexibility index (Phi) is 9.32. The Morgan fingerprint density at radius 1 is 1.06 bits per heavy atom. The molecule has 0 aromatic carbocycles. The molecule has 0 aliphatic carbocycles. The highest BCUT2D eigenvalue weighted by molar-refractivity contribution is 8.00. The molecule has 1 aromatic heterocycles. The van der Waals surface area contributed by atoms with Gasteiger partial charge in [-0.1, -0.05) is 43.9 Å². The van der Waals surface area contributed by atoms with E-state index in [4.69, 9.17) is 0 Å². The number of rotatable bonds is 10. The van der Waals surface area contributed by atoms with Crippen LogP contribution < -0.4 is 0 Å². The SMILES string of the molecule is SCCCCCCCCCSc1ncns1. The average molecular weight is 276 g/mol. The van der Waals surface area contributed by atoms with E-state index in [0.717, 1.165) is 10.1 Å². The minimum Gasteiger partial charge on any atom is -0.216 e. The van der Waals surface area contributed by atoms with Crippen LogP contribution in [0.3, 0.4) is 0 Å². The van der Waals surface area contributed by atoms with Gasteiger partial charge < -0.3 is 0 Å². The highest BCUT2D eigenvalue weighted by Crippen LogP contribution is 2.20. The molecule has 0 bridgehead atoms. The van der Waals surface area contributed by atoms with Crippen molar-refractivity contribution in [2.45, 2.75) is 49.3 Å². The number of hydrogen-bond acceptors (Lipinski definition) is 5. The molecule has 0 atom stereocenters. The van der Waals surface area contributed by atoms with E-state index in [-0.39, 0.29) is 0 Å². The fourth-order valence-electron chi connectivity index (χ4n) is 1.48. The third-order valence-electron chi connectivity index (χ3n) is 2.37. The smallest absolute Gasteiger partial charge is 0.169 e. The summed E-state index contributed by atoms with van der Waals surface area (Å²) in [7, 11) is 0. The number of hydrogen-bond donors (Lipinski definition) is 1. The number of thioether (sulfide) groups is 1. The molecule has 5 heteroatoms. The van der Waals surface area contributed by atoms with Crippen LogP contribution in [0.15, 0.2) is 10.7 Å². The van der Waals surface area contributed by atoms with E-state index in [1.165, 1.54) is 62.2 Å². The van der Waals surface area contributed by atoms with E-state index < -0.39 is 0 Å². The van der Waals surface area contributed by atoms with Crippen molar-refractivity contribution in [1.29, 1.82) is 0 Å². The Balaban J connectivity index is 1.78. The van der Waals surface area contributed by atoms with Gasteiger partial charge in [0.2, 0.25) is 0 Å². The second-order valence-electron chi connectivity index (χ2n) is 3.75. The minimum atomic E-state index is 1.04. The first-order valence-electron chi connectivity index (χ1n) is 5.94. The van der Waals surface area contributed by atoms with Gasteiger partial charge in [-0.05, 0) is 30.1 Å². The maximum absolute atomic E-state index is 4.21. The van der Waals surface area contributed by atoms with Crippen molar-refractivity contribution in [3.05, 3.63) is 6.33 Å². The van der Waals surface area contributed by atoms with E-state index in [1.54, 1.807) is 6.33 Å². The molecule has 0 unspecified atom stereocenters. The van der Waals surface area contributed by atoms with Gasteiger partial charge in [-0.25, -0.2) is 4.98 Å². The van der Waals surface area contributed by atoms with E-state index >= 15 is 0 Å². The second-order valence-corrected chi connectivity index (χ2v) is 6.32. The third-order valence-corrected chi connectivity index (χ3v) is 4.57. The van der Waals surface area contributed by atoms with Crippen molar-refractivity contribution in [2.75, 3.05) is 11.5 Å². The summed E-state index contributed by atoms with van der Waals surface area (Å²) in [4.78, 5) is 4.15. The minimum absolute atomic E-state index is 1.04. The predicted octanol–water partition coefficient (Wildman–Crippen LogP) is 4.29. The lowest BCUT2D eigenvalue weighted by atomic mass is 10.1. The van der Waals surface area contributed by atoms with E-state index in [9.17, 15) is 0 Å². The molecule has 92 valence electrons. The first kappa shape index (κ1) is 14.3. The Morgan fingerprint density at radius 2 is 1.75 bits per heavy atom. The molecule has 0 saturated heterocycles. The second kappa shape index (κ2) is 10.4. The van der Waals surface area contributed by atoms with Gasteiger partial charge in [0, 0.05) is 5.75 Å². The van der Waals surface area contributed by atoms with Gasteiger partial charge in [0.15, 0.2) is 4.34 Å². The molecule has 1 heterocycles. The molecule has 0 amide bonds. The fraction of sp³-hybridized carbons (Fsp3) is 0.818. The quantitative estimate of drug-likeness (QED) is 0.392. The normalized spacial score (nSPS) is 10.8. The molecular formula is C11H20N2S3. The molecule has 0 aliphatic heterocycles. The Labute approximate surface area is 112 Å². The van der Waals surface area contributed by atoms with Crippen molar-refractivity contribution >= 4 is 35.9 Å². The standard InChI is InChI=1S/C11H20N2S3/c14-8-6-4-2-1-3-5-7-9-15-11-12-10-13-16-11/h10,14H,1-9H2. The van der Waals surface area contributed by atoms with Gasteiger partial charge in [-0.15, -0.1) is 0 Å². The van der Waals surface area contributed by atoms with Gasteiger partial charge in [0.05, 0.1) is 0 Å². The molecule has 0 radical (unpaired) electrons. The van der Waals surface area contributed by atoms with Crippen LogP contribution in [0.1, 0.15) is 44.9 Å². The van der Waals surface area contributed by atoms with Crippen LogP contribution in [0.2, 0.25) is 0 Å². The predicted molar refractivity (Wildman–Crippen MR) is 76.8 cm³/mol. The third kappa shape index (κ3) is 7.52. The topological polar surface area (TPSA) is 25.8 Å². The molecule has 16 heavy (non-hydrogen) atoms. The average Bonchev–Trinajstić information content (AvgIpc) is 2.80. The van der Waals surface area contributed by atoms with E-state index in [1.807, 2.05) is 11.8 Å². The lowest BCUT2D eigenvalue weighted by Gasteiger charge is -2.00. The summed E-state index contributed by atoms with van der Waals surface area (Å²) in [6.45, 7) is 0. The zero-order valence-electron chi connectivity index (χ0n) is 9.60. The summed E-state index contributed by atoms with van der Waals surface area (Å²) in [5.74, 6) is 2.23. The molecule has 0 fully saturated rings. The molecule has 0 N–H and O–H groups in total. The maximum Gasteiger partial charge on any atom is 0.169 e. The first-order chi connectivity index (χ1) is 7.93. The van der Waals surface area contributed by atoms with Crippen molar-refractivity contribution < 1.29 is 0 Å². The molecule has 0 saturated carbocycles. The van der Waals surface area contributed by atoms with E-state index in [0.29, 0.717) is 0 Å². The highest BCUT2D eigenvalue weighted by Gasteiger charge is 1.97. The Morgan fingerprint density at radius 3 is 2.38 bits per heavy atom. The van der Waals surface area contributed by atoms with Crippen molar-refractivity contribution in [2.24, 2.45) is 0 Å². The van der Waals surface area contributed by atoms with Crippen LogP contribution in [0.5, 0.6) is 0 Å². The Bertz CT molecular complexity index is 239. The lowest BCUT2D eigenvalue weighted by molar-refractivity contribution is 0.605. The van der Waals surface area contributed by atoms with Crippen LogP contribution in [-0.4, -0.2) is 20.9 Å². The van der Waals surface area contributed by atoms with Crippen LogP contribution in [0.4, 0.5) is 0 Å². The number of unbranched alkanes of at least 4 members (excludes halogenated alkanes) is 6. The van der Waals surface area contributed by atoms with Crippen LogP contribution >= 0.6 is 35.9 Å². The van der Waals surface area contributed by atoms with E-state index in [2.05, 4.69) is 22.0 Å². The van der Waals surface area contributed by atoms with Gasteiger partial charge >= 0.3 is 0 Å². The molecular weight excluding hydrogens is 256 g/mol. The van der Waals surface area contributed by atoms with Crippen molar-refractivity contribution in [3.63, 3.8) is 0 Å². The first-order valence-corrected chi connectivity index (χ1v) is 8.33. The molecule has 1 aromatic rings. The van der Waals surface area contributed by atoms with Gasteiger partial charge in [0.25, 0.3) is 0 Å². The van der Waals surface area contributed by atoms with Crippen LogP contribution in [-0.2, 0) is 0 Å². The van der Waals surface area contributed by atoms with Crippen molar-refractivity contribution in [1.82, 2.24) is 9.36 Å². The number of thiol groups is 1. The monoisotopic (exact) mass is 276 g/mol. The summed E-state index contributed by atoms with van der Waals surface area (Å²) >= 11 is 7.54. The number of aromatic nitrogens is 2. The summed E-state index contributed by atoms with van der Waals surface area (Å²) in [5.41, 5.74) is 0. The van der Waals surface area contributed by atoms with Crippen LogP contribution in [0.25, 0.3) is 0 Å². The highest BCUT2D eigenvalue weighted by atomic mass is 32.2. The molecule has 1 rings (SSSR count). The van der Waals surface area contributed by atoms with Gasteiger partial charge in [-0.3, -0.25) is 0 Å². The largest absolute Gasteiger partial charge is 0.216 e. The van der Waals surface area contributed by atoms with Crippen LogP contribution in [0, 0.1) is 0 Å². The van der Waals surface area contributed by atoms with Gasteiger partial charge in [0.1, 0.15) is 6.33 Å². The number of nitrogens with zero attached hydrogens (tertiary/aromatic N) is 2. The zero-order chi connectivity index (χ0) is 11.5. The molecule has 0 spiro atoms. The summed E-state index contributed by atoms with van der Waals surface area (Å²) in [6, 6.07) is 0. The lowest BCUT2D eigenvalue weighted by Crippen LogP contribution is -1.83. The van der Waals surface area contributed by atoms with Gasteiger partial charge in [-0.2, -0.15) is 17.0 Å².